The number of unbranched alkanes of at least 4 members (excludes halogenated alkanes) is 1. The van der Waals surface area contributed by atoms with Gasteiger partial charge in [0.05, 0.1) is 5.56 Å². The molecule has 2 heterocycles. The van der Waals surface area contributed by atoms with Gasteiger partial charge in [-0.2, -0.15) is 0 Å². The van der Waals surface area contributed by atoms with Crippen molar-refractivity contribution in [3.8, 4) is 10.4 Å². The maximum atomic E-state index is 11.7. The van der Waals surface area contributed by atoms with Gasteiger partial charge in [0.1, 0.15) is 0 Å². The van der Waals surface area contributed by atoms with Crippen molar-refractivity contribution < 1.29 is 0 Å². The summed E-state index contributed by atoms with van der Waals surface area (Å²) in [5, 5.41) is 1.90. The van der Waals surface area contributed by atoms with Crippen molar-refractivity contribution in [1.29, 1.82) is 0 Å². The lowest BCUT2D eigenvalue weighted by molar-refractivity contribution is 0.599. The monoisotopic (exact) mass is 284 g/mol. The van der Waals surface area contributed by atoms with Crippen molar-refractivity contribution in [3.05, 3.63) is 44.5 Å². The van der Waals surface area contributed by atoms with E-state index in [1.54, 1.807) is 6.20 Å². The highest BCUT2D eigenvalue weighted by molar-refractivity contribution is 7.13. The average molecular weight is 285 g/mol. The van der Waals surface area contributed by atoms with Gasteiger partial charge < -0.3 is 0 Å². The molecule has 0 bridgehead atoms. The van der Waals surface area contributed by atoms with E-state index in [0.717, 1.165) is 17.7 Å². The molecule has 0 aliphatic heterocycles. The van der Waals surface area contributed by atoms with E-state index < -0.39 is 0 Å². The molecule has 0 aliphatic rings. The second-order valence-corrected chi connectivity index (χ2v) is 5.19. The summed E-state index contributed by atoms with van der Waals surface area (Å²) in [6.07, 6.45) is 3.29. The quantitative estimate of drug-likeness (QED) is 0.676. The molecule has 18 heavy (non-hydrogen) atoms. The summed E-state index contributed by atoms with van der Waals surface area (Å²) in [5.41, 5.74) is -0.165. The van der Waals surface area contributed by atoms with E-state index >= 15 is 0 Å². The fraction of sp³-hybridized carbons (Fsp3) is 0.333. The Morgan fingerprint density at radius 3 is 2.83 bits per heavy atom. The minimum absolute atomic E-state index is 0.337. The van der Waals surface area contributed by atoms with Crippen LogP contribution in [-0.2, 0) is 6.54 Å². The van der Waals surface area contributed by atoms with Crippen LogP contribution in [0.3, 0.4) is 0 Å². The molecule has 2 aromatic heterocycles. The molecule has 96 valence electrons. The van der Waals surface area contributed by atoms with Crippen molar-refractivity contribution in [1.82, 2.24) is 9.55 Å². The lowest BCUT2D eigenvalue weighted by Crippen LogP contribution is -2.30. The number of aryl methyl sites for hydroxylation is 1. The van der Waals surface area contributed by atoms with Gasteiger partial charge in [0, 0.05) is 23.5 Å². The molecule has 2 aromatic rings. The van der Waals surface area contributed by atoms with E-state index in [9.17, 15) is 9.59 Å². The third-order valence-electron chi connectivity index (χ3n) is 2.58. The van der Waals surface area contributed by atoms with Crippen LogP contribution in [0.25, 0.3) is 10.4 Å². The maximum absolute atomic E-state index is 11.7. The van der Waals surface area contributed by atoms with Crippen LogP contribution in [0.2, 0.25) is 0 Å². The summed E-state index contributed by atoms with van der Waals surface area (Å²) in [7, 11) is 0. The molecule has 0 unspecified atom stereocenters. The van der Waals surface area contributed by atoms with Crippen LogP contribution < -0.4 is 11.2 Å². The minimum atomic E-state index is -0.366. The first kappa shape index (κ1) is 13.1. The Hall–Kier alpha value is -1.33. The number of hydrogen-bond acceptors (Lipinski definition) is 3. The van der Waals surface area contributed by atoms with Crippen molar-refractivity contribution >= 4 is 22.9 Å². The zero-order valence-corrected chi connectivity index (χ0v) is 11.3. The number of nitrogens with one attached hydrogen (secondary N) is 1. The topological polar surface area (TPSA) is 54.9 Å². The highest BCUT2D eigenvalue weighted by Gasteiger charge is 2.07. The van der Waals surface area contributed by atoms with Crippen molar-refractivity contribution in [2.45, 2.75) is 19.4 Å². The molecular formula is C12H13ClN2O2S. The van der Waals surface area contributed by atoms with E-state index in [2.05, 4.69) is 4.98 Å². The SMILES string of the molecule is O=c1[nH]c(=O)n(CCCCCl)cc1-c1cccs1. The Morgan fingerprint density at radius 2 is 2.17 bits per heavy atom. The summed E-state index contributed by atoms with van der Waals surface area (Å²) >= 11 is 7.08. The fourth-order valence-electron chi connectivity index (χ4n) is 1.66. The molecule has 0 spiro atoms. The van der Waals surface area contributed by atoms with Crippen LogP contribution in [0.15, 0.2) is 33.3 Å². The van der Waals surface area contributed by atoms with Gasteiger partial charge in [0.25, 0.3) is 5.56 Å². The van der Waals surface area contributed by atoms with Crippen LogP contribution >= 0.6 is 22.9 Å². The maximum Gasteiger partial charge on any atom is 0.328 e. The number of aromatic amines is 1. The van der Waals surface area contributed by atoms with E-state index in [0.29, 0.717) is 18.0 Å². The van der Waals surface area contributed by atoms with Crippen molar-refractivity contribution in [2.75, 3.05) is 5.88 Å². The highest BCUT2D eigenvalue weighted by Crippen LogP contribution is 2.20. The number of H-pyrrole nitrogens is 1. The number of aromatic nitrogens is 2. The number of halogens is 1. The molecule has 0 saturated carbocycles. The first-order valence-corrected chi connectivity index (χ1v) is 7.07. The smallest absolute Gasteiger partial charge is 0.300 e. The van der Waals surface area contributed by atoms with E-state index in [1.165, 1.54) is 15.9 Å². The zero-order valence-electron chi connectivity index (χ0n) is 9.69. The Labute approximate surface area is 113 Å². The predicted molar refractivity (Wildman–Crippen MR) is 74.6 cm³/mol. The van der Waals surface area contributed by atoms with Gasteiger partial charge in [0.2, 0.25) is 0 Å². The lowest BCUT2D eigenvalue weighted by Gasteiger charge is -2.05. The summed E-state index contributed by atoms with van der Waals surface area (Å²) in [4.78, 5) is 26.6. The number of rotatable bonds is 5. The van der Waals surface area contributed by atoms with Crippen LogP contribution in [0.5, 0.6) is 0 Å². The number of nitrogens with zero attached hydrogens (tertiary/aromatic N) is 1. The van der Waals surface area contributed by atoms with Crippen molar-refractivity contribution in [3.63, 3.8) is 0 Å². The van der Waals surface area contributed by atoms with Crippen LogP contribution in [-0.4, -0.2) is 15.4 Å². The lowest BCUT2D eigenvalue weighted by atomic mass is 10.2. The summed E-state index contributed by atoms with van der Waals surface area (Å²) in [5.74, 6) is 0.579. The molecule has 6 heteroatoms. The van der Waals surface area contributed by atoms with Crippen molar-refractivity contribution in [2.24, 2.45) is 0 Å². The Morgan fingerprint density at radius 1 is 1.33 bits per heavy atom. The molecule has 1 N–H and O–H groups in total. The van der Waals surface area contributed by atoms with E-state index in [-0.39, 0.29) is 11.2 Å². The third-order valence-corrected chi connectivity index (χ3v) is 3.75. The van der Waals surface area contributed by atoms with E-state index in [4.69, 9.17) is 11.6 Å². The summed E-state index contributed by atoms with van der Waals surface area (Å²) in [6, 6.07) is 3.74. The molecular weight excluding hydrogens is 272 g/mol. The first-order chi connectivity index (χ1) is 8.72. The molecule has 0 saturated heterocycles. The molecule has 0 aliphatic carbocycles. The largest absolute Gasteiger partial charge is 0.328 e. The van der Waals surface area contributed by atoms with E-state index in [1.807, 2.05) is 17.5 Å². The summed E-state index contributed by atoms with van der Waals surface area (Å²) in [6.45, 7) is 0.570. The molecule has 0 fully saturated rings. The fourth-order valence-corrected chi connectivity index (χ4v) is 2.58. The Balaban J connectivity index is 2.34. The van der Waals surface area contributed by atoms with Gasteiger partial charge in [-0.15, -0.1) is 22.9 Å². The first-order valence-electron chi connectivity index (χ1n) is 5.66. The highest BCUT2D eigenvalue weighted by atomic mass is 35.5. The molecule has 4 nitrogen and oxygen atoms in total. The molecule has 2 rings (SSSR count). The van der Waals surface area contributed by atoms with Gasteiger partial charge in [-0.3, -0.25) is 14.3 Å². The van der Waals surface area contributed by atoms with Gasteiger partial charge in [-0.25, -0.2) is 4.79 Å². The van der Waals surface area contributed by atoms with Gasteiger partial charge in [0.15, 0.2) is 0 Å². The number of hydrogen-bond donors (Lipinski definition) is 1. The number of alkyl halides is 1. The van der Waals surface area contributed by atoms with Gasteiger partial charge >= 0.3 is 5.69 Å². The third kappa shape index (κ3) is 2.91. The second kappa shape index (κ2) is 6.02. The average Bonchev–Trinajstić information content (AvgIpc) is 2.85. The standard InChI is InChI=1S/C12H13ClN2O2S/c13-5-1-2-6-15-8-9(10-4-3-7-18-10)11(16)14-12(15)17/h3-4,7-8H,1-2,5-6H2,(H,14,16,17). The van der Waals surface area contributed by atoms with Gasteiger partial charge in [-0.05, 0) is 24.3 Å². The zero-order chi connectivity index (χ0) is 13.0. The summed E-state index contributed by atoms with van der Waals surface area (Å²) < 4.78 is 1.53. The molecule has 0 aromatic carbocycles. The molecule has 0 radical (unpaired) electrons. The Kier molecular flexibility index (Phi) is 4.38. The molecule has 0 amide bonds. The predicted octanol–water partition coefficient (Wildman–Crippen LogP) is 2.28. The van der Waals surface area contributed by atoms with Gasteiger partial charge in [-0.1, -0.05) is 6.07 Å². The second-order valence-electron chi connectivity index (χ2n) is 3.87. The minimum Gasteiger partial charge on any atom is -0.300 e. The normalized spacial score (nSPS) is 10.7. The molecule has 0 atom stereocenters. The van der Waals surface area contributed by atoms with Crippen LogP contribution in [0.4, 0.5) is 0 Å². The number of thiophene rings is 1. The van der Waals surface area contributed by atoms with Crippen LogP contribution in [0.1, 0.15) is 12.8 Å². The van der Waals surface area contributed by atoms with Crippen LogP contribution in [0, 0.1) is 0 Å². The Bertz CT molecular complexity index is 616.